The van der Waals surface area contributed by atoms with Gasteiger partial charge in [0.1, 0.15) is 6.33 Å². The lowest BCUT2D eigenvalue weighted by atomic mass is 10.3. The van der Waals surface area contributed by atoms with Gasteiger partial charge in [-0.1, -0.05) is 13.8 Å². The summed E-state index contributed by atoms with van der Waals surface area (Å²) in [6, 6.07) is 1.86. The van der Waals surface area contributed by atoms with Crippen molar-refractivity contribution < 1.29 is 0 Å². The molecule has 0 saturated carbocycles. The monoisotopic (exact) mass is 176 g/mol. The maximum atomic E-state index is 4.03. The van der Waals surface area contributed by atoms with Crippen molar-refractivity contribution in [1.29, 1.82) is 0 Å². The molecule has 4 nitrogen and oxygen atoms in total. The molecule has 0 N–H and O–H groups in total. The summed E-state index contributed by atoms with van der Waals surface area (Å²) in [6.07, 6.45) is 3.13. The maximum absolute atomic E-state index is 4.03. The Bertz CT molecular complexity index is 381. The molecule has 0 aliphatic rings. The summed E-state index contributed by atoms with van der Waals surface area (Å²) in [5.74, 6) is 0. The normalized spacial score (nSPS) is 9.15. The number of hydrogen-bond acceptors (Lipinski definition) is 4. The van der Waals surface area contributed by atoms with Gasteiger partial charge in [0.05, 0.1) is 11.9 Å². The van der Waals surface area contributed by atoms with Gasteiger partial charge in [0.2, 0.25) is 0 Å². The predicted octanol–water partition coefficient (Wildman–Crippen LogP) is 1.75. The first-order valence-electron chi connectivity index (χ1n) is 4.27. The topological polar surface area (TPSA) is 51.6 Å². The second kappa shape index (κ2) is 4.45. The molecule has 0 fully saturated rings. The van der Waals surface area contributed by atoms with E-state index >= 15 is 0 Å². The van der Waals surface area contributed by atoms with Crippen molar-refractivity contribution in [1.82, 2.24) is 20.2 Å². The number of aromatic nitrogens is 4. The molecule has 2 aromatic heterocycles. The Balaban J connectivity index is 0.000000396. The van der Waals surface area contributed by atoms with Crippen LogP contribution in [0.5, 0.6) is 0 Å². The van der Waals surface area contributed by atoms with Crippen molar-refractivity contribution in [2.45, 2.75) is 20.8 Å². The molecule has 0 spiro atoms. The maximum Gasteiger partial charge on any atom is 0.185 e. The number of rotatable bonds is 0. The van der Waals surface area contributed by atoms with E-state index in [9.17, 15) is 0 Å². The van der Waals surface area contributed by atoms with E-state index in [1.165, 1.54) is 6.33 Å². The summed E-state index contributed by atoms with van der Waals surface area (Å²) < 4.78 is 0. The molecule has 2 heterocycles. The molecule has 0 bridgehead atoms. The molecule has 0 aliphatic carbocycles. The standard InChI is InChI=1S/C7H6N4.C2H6/c1-5-6-2-3-10-11-7(6)9-4-8-5;1-2/h2-4H,1H3;1-2H3. The van der Waals surface area contributed by atoms with E-state index in [2.05, 4.69) is 20.2 Å². The molecule has 13 heavy (non-hydrogen) atoms. The zero-order valence-electron chi connectivity index (χ0n) is 8.02. The second-order valence-corrected chi connectivity index (χ2v) is 2.23. The third-order valence-electron chi connectivity index (χ3n) is 1.52. The van der Waals surface area contributed by atoms with Gasteiger partial charge in [-0.05, 0) is 13.0 Å². The van der Waals surface area contributed by atoms with E-state index in [1.54, 1.807) is 6.20 Å². The van der Waals surface area contributed by atoms with E-state index in [0.717, 1.165) is 11.1 Å². The first kappa shape index (κ1) is 9.51. The zero-order valence-corrected chi connectivity index (χ0v) is 8.02. The smallest absolute Gasteiger partial charge is 0.185 e. The predicted molar refractivity (Wildman–Crippen MR) is 51.2 cm³/mol. The van der Waals surface area contributed by atoms with Crippen molar-refractivity contribution in [3.63, 3.8) is 0 Å². The third kappa shape index (κ3) is 1.96. The van der Waals surface area contributed by atoms with Crippen LogP contribution >= 0.6 is 0 Å². The highest BCUT2D eigenvalue weighted by Gasteiger charge is 1.97. The highest BCUT2D eigenvalue weighted by Crippen LogP contribution is 2.07. The molecule has 4 heteroatoms. The average Bonchev–Trinajstić information content (AvgIpc) is 2.22. The van der Waals surface area contributed by atoms with Gasteiger partial charge in [-0.15, -0.1) is 5.10 Å². The third-order valence-corrected chi connectivity index (χ3v) is 1.52. The van der Waals surface area contributed by atoms with Crippen LogP contribution in [0.2, 0.25) is 0 Å². The number of nitrogens with zero attached hydrogens (tertiary/aromatic N) is 4. The SMILES string of the molecule is CC.Cc1ncnc2nnccc12. The van der Waals surface area contributed by atoms with Gasteiger partial charge in [-0.25, -0.2) is 9.97 Å². The molecular formula is C9H12N4. The van der Waals surface area contributed by atoms with Crippen LogP contribution in [-0.4, -0.2) is 20.2 Å². The fourth-order valence-corrected chi connectivity index (χ4v) is 0.942. The Morgan fingerprint density at radius 2 is 1.92 bits per heavy atom. The molecule has 2 rings (SSSR count). The van der Waals surface area contributed by atoms with Gasteiger partial charge in [0.15, 0.2) is 5.65 Å². The minimum Gasteiger partial charge on any atom is -0.241 e. The van der Waals surface area contributed by atoms with Crippen molar-refractivity contribution in [2.24, 2.45) is 0 Å². The lowest BCUT2D eigenvalue weighted by molar-refractivity contribution is 1.03. The largest absolute Gasteiger partial charge is 0.241 e. The van der Waals surface area contributed by atoms with Gasteiger partial charge < -0.3 is 0 Å². The molecule has 0 radical (unpaired) electrons. The molecule has 68 valence electrons. The molecule has 0 atom stereocenters. The number of hydrogen-bond donors (Lipinski definition) is 0. The lowest BCUT2D eigenvalue weighted by Crippen LogP contribution is -1.90. The average molecular weight is 176 g/mol. The molecule has 2 aromatic rings. The molecule has 0 aromatic carbocycles. The summed E-state index contributed by atoms with van der Waals surface area (Å²) in [4.78, 5) is 7.99. The summed E-state index contributed by atoms with van der Waals surface area (Å²) in [5.41, 5.74) is 1.59. The number of fused-ring (bicyclic) bond motifs is 1. The number of aryl methyl sites for hydroxylation is 1. The van der Waals surface area contributed by atoms with Crippen LogP contribution in [-0.2, 0) is 0 Å². The van der Waals surface area contributed by atoms with E-state index in [1.807, 2.05) is 26.8 Å². The summed E-state index contributed by atoms with van der Waals surface area (Å²) in [5, 5.41) is 8.52. The Morgan fingerprint density at radius 1 is 1.15 bits per heavy atom. The summed E-state index contributed by atoms with van der Waals surface area (Å²) in [7, 11) is 0. The van der Waals surface area contributed by atoms with E-state index in [0.29, 0.717) is 5.65 Å². The van der Waals surface area contributed by atoms with Gasteiger partial charge in [0.25, 0.3) is 0 Å². The van der Waals surface area contributed by atoms with Crippen LogP contribution in [0.3, 0.4) is 0 Å². The van der Waals surface area contributed by atoms with Crippen molar-refractivity contribution in [2.75, 3.05) is 0 Å². The van der Waals surface area contributed by atoms with Crippen molar-refractivity contribution >= 4 is 11.0 Å². The molecule has 0 amide bonds. The Hall–Kier alpha value is -1.58. The van der Waals surface area contributed by atoms with Crippen LogP contribution in [0.4, 0.5) is 0 Å². The van der Waals surface area contributed by atoms with E-state index in [-0.39, 0.29) is 0 Å². The Labute approximate surface area is 77.1 Å². The van der Waals surface area contributed by atoms with Crippen LogP contribution in [0.15, 0.2) is 18.6 Å². The first-order valence-corrected chi connectivity index (χ1v) is 4.27. The first-order chi connectivity index (χ1) is 6.38. The highest BCUT2D eigenvalue weighted by atomic mass is 15.1. The van der Waals surface area contributed by atoms with Gasteiger partial charge in [-0.3, -0.25) is 0 Å². The molecule has 0 aliphatic heterocycles. The molecular weight excluding hydrogens is 164 g/mol. The van der Waals surface area contributed by atoms with Crippen LogP contribution in [0.1, 0.15) is 19.5 Å². The fraction of sp³-hybridized carbons (Fsp3) is 0.333. The van der Waals surface area contributed by atoms with Gasteiger partial charge in [-0.2, -0.15) is 5.10 Å². The van der Waals surface area contributed by atoms with Gasteiger partial charge >= 0.3 is 0 Å². The summed E-state index contributed by atoms with van der Waals surface area (Å²) in [6.45, 7) is 5.92. The Morgan fingerprint density at radius 3 is 2.62 bits per heavy atom. The summed E-state index contributed by atoms with van der Waals surface area (Å²) >= 11 is 0. The minimum atomic E-state index is 0.653. The molecule has 0 unspecified atom stereocenters. The van der Waals surface area contributed by atoms with E-state index < -0.39 is 0 Å². The zero-order chi connectivity index (χ0) is 9.68. The van der Waals surface area contributed by atoms with Crippen LogP contribution in [0, 0.1) is 6.92 Å². The van der Waals surface area contributed by atoms with Crippen molar-refractivity contribution in [3.8, 4) is 0 Å². The quantitative estimate of drug-likeness (QED) is 0.613. The van der Waals surface area contributed by atoms with Crippen LogP contribution in [0.25, 0.3) is 11.0 Å². The van der Waals surface area contributed by atoms with Gasteiger partial charge in [0, 0.05) is 5.39 Å². The molecule has 0 saturated heterocycles. The van der Waals surface area contributed by atoms with Crippen molar-refractivity contribution in [3.05, 3.63) is 24.3 Å². The Kier molecular flexibility index (Phi) is 3.25. The fourth-order valence-electron chi connectivity index (χ4n) is 0.942. The lowest BCUT2D eigenvalue weighted by Gasteiger charge is -1.95. The minimum absolute atomic E-state index is 0.653. The second-order valence-electron chi connectivity index (χ2n) is 2.23. The van der Waals surface area contributed by atoms with Crippen LogP contribution < -0.4 is 0 Å². The van der Waals surface area contributed by atoms with E-state index in [4.69, 9.17) is 0 Å². The highest BCUT2D eigenvalue weighted by molar-refractivity contribution is 5.75.